The Kier molecular flexibility index (Phi) is 6.78. The number of amides is 1. The smallest absolute Gasteiger partial charge is 0.224 e. The normalized spacial score (nSPS) is 21.8. The lowest BCUT2D eigenvalue weighted by atomic mass is 10.0. The van der Waals surface area contributed by atoms with Crippen molar-refractivity contribution in [3.8, 4) is 0 Å². The van der Waals surface area contributed by atoms with E-state index in [1.807, 2.05) is 17.5 Å². The fourth-order valence-electron chi connectivity index (χ4n) is 3.76. The molecule has 0 aliphatic carbocycles. The Morgan fingerprint density at radius 3 is 2.88 bits per heavy atom. The number of pyridine rings is 1. The summed E-state index contributed by atoms with van der Waals surface area (Å²) in [6.07, 6.45) is 7.58. The Labute approximate surface area is 150 Å². The van der Waals surface area contributed by atoms with Gasteiger partial charge in [0.1, 0.15) is 0 Å². The molecular weight excluding hydrogens is 316 g/mol. The summed E-state index contributed by atoms with van der Waals surface area (Å²) >= 11 is 0. The van der Waals surface area contributed by atoms with E-state index in [-0.39, 0.29) is 5.91 Å². The number of nitrogens with zero attached hydrogens (tertiary/aromatic N) is 4. The summed E-state index contributed by atoms with van der Waals surface area (Å²) in [6, 6.07) is 4.59. The molecule has 3 heterocycles. The highest BCUT2D eigenvalue weighted by Gasteiger charge is 2.27. The second-order valence-electron chi connectivity index (χ2n) is 6.92. The van der Waals surface area contributed by atoms with E-state index in [0.29, 0.717) is 19.0 Å². The van der Waals surface area contributed by atoms with Crippen LogP contribution in [0, 0.1) is 0 Å². The standard InChI is InChI=1S/C19H30N4O2/c1-2-21(15-17-6-9-20-10-7-17)18-5-3-11-22(16-18)19(24)8-13-23-12-4-14-25-23/h6-7,9-10,18H,2-5,8,11-16H2,1H3. The Balaban J connectivity index is 1.51. The van der Waals surface area contributed by atoms with Gasteiger partial charge in [0.25, 0.3) is 0 Å². The first kappa shape index (κ1) is 18.3. The van der Waals surface area contributed by atoms with Crippen LogP contribution < -0.4 is 0 Å². The molecule has 1 atom stereocenters. The van der Waals surface area contributed by atoms with Crippen LogP contribution in [0.3, 0.4) is 0 Å². The maximum absolute atomic E-state index is 12.6. The molecule has 6 nitrogen and oxygen atoms in total. The number of piperidine rings is 1. The van der Waals surface area contributed by atoms with Crippen LogP contribution >= 0.6 is 0 Å². The molecule has 2 aliphatic heterocycles. The molecule has 0 aromatic carbocycles. The zero-order valence-electron chi connectivity index (χ0n) is 15.3. The number of likely N-dealkylation sites (N-methyl/N-ethyl adjacent to an activating group) is 1. The Morgan fingerprint density at radius 1 is 1.32 bits per heavy atom. The molecule has 2 fully saturated rings. The number of hydroxylamine groups is 2. The topological polar surface area (TPSA) is 48.9 Å². The van der Waals surface area contributed by atoms with Gasteiger partial charge < -0.3 is 4.90 Å². The summed E-state index contributed by atoms with van der Waals surface area (Å²) in [4.78, 5) is 26.7. The third-order valence-electron chi connectivity index (χ3n) is 5.21. The molecule has 1 aromatic heterocycles. The van der Waals surface area contributed by atoms with Crippen LogP contribution in [-0.2, 0) is 16.2 Å². The van der Waals surface area contributed by atoms with E-state index in [9.17, 15) is 4.79 Å². The van der Waals surface area contributed by atoms with Crippen LogP contribution in [-0.4, -0.2) is 71.1 Å². The number of likely N-dealkylation sites (tertiary alicyclic amines) is 1. The van der Waals surface area contributed by atoms with Crippen LogP contribution in [0.2, 0.25) is 0 Å². The highest BCUT2D eigenvalue weighted by molar-refractivity contribution is 5.76. The van der Waals surface area contributed by atoms with Gasteiger partial charge in [-0.05, 0) is 43.5 Å². The molecule has 0 N–H and O–H groups in total. The van der Waals surface area contributed by atoms with Crippen LogP contribution in [0.1, 0.15) is 38.2 Å². The van der Waals surface area contributed by atoms with E-state index in [1.165, 1.54) is 5.56 Å². The summed E-state index contributed by atoms with van der Waals surface area (Å²) in [7, 11) is 0. The highest BCUT2D eigenvalue weighted by Crippen LogP contribution is 2.19. The van der Waals surface area contributed by atoms with E-state index in [0.717, 1.165) is 58.6 Å². The average Bonchev–Trinajstić information content (AvgIpc) is 3.19. The molecule has 1 amide bonds. The molecule has 2 aliphatic rings. The van der Waals surface area contributed by atoms with E-state index in [1.54, 1.807) is 0 Å². The highest BCUT2D eigenvalue weighted by atomic mass is 16.7. The zero-order chi connectivity index (χ0) is 17.5. The molecule has 138 valence electrons. The van der Waals surface area contributed by atoms with Gasteiger partial charge in [-0.25, -0.2) is 0 Å². The minimum absolute atomic E-state index is 0.264. The van der Waals surface area contributed by atoms with Crippen molar-refractivity contribution >= 4 is 5.91 Å². The molecule has 3 rings (SSSR count). The predicted molar refractivity (Wildman–Crippen MR) is 96.7 cm³/mol. The Morgan fingerprint density at radius 2 is 2.16 bits per heavy atom. The zero-order valence-corrected chi connectivity index (χ0v) is 15.3. The first-order valence-corrected chi connectivity index (χ1v) is 9.55. The minimum Gasteiger partial charge on any atom is -0.341 e. The Hall–Kier alpha value is -1.50. The van der Waals surface area contributed by atoms with E-state index < -0.39 is 0 Å². The molecule has 25 heavy (non-hydrogen) atoms. The van der Waals surface area contributed by atoms with Crippen molar-refractivity contribution < 1.29 is 9.63 Å². The maximum atomic E-state index is 12.6. The summed E-state index contributed by atoms with van der Waals surface area (Å²) in [5.41, 5.74) is 1.28. The van der Waals surface area contributed by atoms with Crippen LogP contribution in [0.15, 0.2) is 24.5 Å². The lowest BCUT2D eigenvalue weighted by molar-refractivity contribution is -0.140. The monoisotopic (exact) mass is 346 g/mol. The second-order valence-corrected chi connectivity index (χ2v) is 6.92. The van der Waals surface area contributed by atoms with E-state index in [2.05, 4.69) is 33.8 Å². The third kappa shape index (κ3) is 5.23. The first-order chi connectivity index (χ1) is 12.3. The molecule has 0 bridgehead atoms. The third-order valence-corrected chi connectivity index (χ3v) is 5.21. The van der Waals surface area contributed by atoms with Gasteiger partial charge in [0.2, 0.25) is 5.91 Å². The molecule has 1 unspecified atom stereocenters. The van der Waals surface area contributed by atoms with Crippen molar-refractivity contribution in [1.82, 2.24) is 19.8 Å². The summed E-state index contributed by atoms with van der Waals surface area (Å²) in [5, 5.41) is 1.93. The van der Waals surface area contributed by atoms with Gasteiger partial charge in [-0.3, -0.25) is 19.5 Å². The van der Waals surface area contributed by atoms with Crippen LogP contribution in [0.4, 0.5) is 0 Å². The van der Waals surface area contributed by atoms with Crippen LogP contribution in [0.25, 0.3) is 0 Å². The van der Waals surface area contributed by atoms with Gasteiger partial charge in [0.05, 0.1) is 6.61 Å². The molecule has 2 saturated heterocycles. The summed E-state index contributed by atoms with van der Waals surface area (Å²) in [6.45, 7) is 8.32. The fraction of sp³-hybridized carbons (Fsp3) is 0.684. The molecular formula is C19H30N4O2. The molecule has 1 aromatic rings. The summed E-state index contributed by atoms with van der Waals surface area (Å²) < 4.78 is 0. The predicted octanol–water partition coefficient (Wildman–Crippen LogP) is 1.92. The van der Waals surface area contributed by atoms with E-state index >= 15 is 0 Å². The van der Waals surface area contributed by atoms with Crippen molar-refractivity contribution in [3.05, 3.63) is 30.1 Å². The second kappa shape index (κ2) is 9.27. The number of carbonyl (C=O) groups excluding carboxylic acids is 1. The molecule has 6 heteroatoms. The van der Waals surface area contributed by atoms with Crippen molar-refractivity contribution in [2.24, 2.45) is 0 Å². The van der Waals surface area contributed by atoms with E-state index in [4.69, 9.17) is 4.84 Å². The van der Waals surface area contributed by atoms with Gasteiger partial charge in [0, 0.05) is 57.6 Å². The van der Waals surface area contributed by atoms with Crippen LogP contribution in [0.5, 0.6) is 0 Å². The van der Waals surface area contributed by atoms with Crippen molar-refractivity contribution in [1.29, 1.82) is 0 Å². The maximum Gasteiger partial charge on any atom is 0.224 e. The van der Waals surface area contributed by atoms with Gasteiger partial charge in [-0.2, -0.15) is 5.06 Å². The average molecular weight is 346 g/mol. The number of carbonyl (C=O) groups is 1. The van der Waals surface area contributed by atoms with Gasteiger partial charge >= 0.3 is 0 Å². The molecule has 0 radical (unpaired) electrons. The number of rotatable bonds is 7. The number of hydrogen-bond acceptors (Lipinski definition) is 5. The Bertz CT molecular complexity index is 533. The van der Waals surface area contributed by atoms with Gasteiger partial charge in [-0.1, -0.05) is 6.92 Å². The lowest BCUT2D eigenvalue weighted by Gasteiger charge is -2.39. The van der Waals surface area contributed by atoms with Crippen molar-refractivity contribution in [2.75, 3.05) is 39.3 Å². The number of aromatic nitrogens is 1. The number of hydrogen-bond donors (Lipinski definition) is 0. The van der Waals surface area contributed by atoms with Crippen molar-refractivity contribution in [2.45, 2.75) is 45.2 Å². The minimum atomic E-state index is 0.264. The fourth-order valence-corrected chi connectivity index (χ4v) is 3.76. The van der Waals surface area contributed by atoms with Gasteiger partial charge in [-0.15, -0.1) is 0 Å². The largest absolute Gasteiger partial charge is 0.341 e. The SMILES string of the molecule is CCN(Cc1ccncc1)C1CCCN(C(=O)CCN2CCCO2)C1. The lowest BCUT2D eigenvalue weighted by Crippen LogP contribution is -2.49. The quantitative estimate of drug-likeness (QED) is 0.755. The summed E-state index contributed by atoms with van der Waals surface area (Å²) in [5.74, 6) is 0.264. The van der Waals surface area contributed by atoms with Gasteiger partial charge in [0.15, 0.2) is 0 Å². The molecule has 0 saturated carbocycles. The first-order valence-electron chi connectivity index (χ1n) is 9.55. The van der Waals surface area contributed by atoms with Crippen molar-refractivity contribution in [3.63, 3.8) is 0 Å². The molecule has 0 spiro atoms.